The van der Waals surface area contributed by atoms with Gasteiger partial charge in [-0.3, -0.25) is 0 Å². The first-order valence-electron chi connectivity index (χ1n) is 22.3. The number of rotatable bonds is 5. The zero-order valence-electron chi connectivity index (χ0n) is 35.0. The second kappa shape index (κ2) is 13.4. The van der Waals surface area contributed by atoms with Gasteiger partial charge in [0.05, 0.1) is 11.4 Å². The van der Waals surface area contributed by atoms with Crippen LogP contribution in [0.5, 0.6) is 0 Å². The molecule has 2 bridgehead atoms. The number of aryl methyl sites for hydroxylation is 1. The third-order valence-corrected chi connectivity index (χ3v) is 15.7. The van der Waals surface area contributed by atoms with Crippen LogP contribution in [0.4, 0.5) is 17.1 Å². The van der Waals surface area contributed by atoms with Crippen molar-refractivity contribution in [3.63, 3.8) is 0 Å². The van der Waals surface area contributed by atoms with Crippen molar-refractivity contribution in [1.82, 2.24) is 0 Å². The summed E-state index contributed by atoms with van der Waals surface area (Å²) in [7, 11) is 0. The van der Waals surface area contributed by atoms with E-state index in [2.05, 4.69) is 202 Å². The number of fused-ring (bicyclic) bond motifs is 9. The number of anilines is 3. The molecule has 0 spiro atoms. The zero-order valence-corrected chi connectivity index (χ0v) is 35.0. The molecule has 4 atom stereocenters. The maximum atomic E-state index is 2.63. The lowest BCUT2D eigenvalue weighted by molar-refractivity contribution is -0.0140. The van der Waals surface area contributed by atoms with Gasteiger partial charge in [-0.15, -0.1) is 0 Å². The molecule has 60 heavy (non-hydrogen) atoms. The molecule has 8 aromatic rings. The molecule has 0 heterocycles. The summed E-state index contributed by atoms with van der Waals surface area (Å²) in [5.74, 6) is 2.21. The summed E-state index contributed by atoms with van der Waals surface area (Å²) in [6.45, 7) is 7.45. The van der Waals surface area contributed by atoms with E-state index in [0.29, 0.717) is 11.3 Å². The smallest absolute Gasteiger partial charge is 0.0540 e. The van der Waals surface area contributed by atoms with Crippen molar-refractivity contribution in [2.24, 2.45) is 17.3 Å². The fraction of sp³-hybridized carbons (Fsp3) is 0.220. The van der Waals surface area contributed by atoms with Crippen LogP contribution in [0.1, 0.15) is 74.6 Å². The second-order valence-corrected chi connectivity index (χ2v) is 19.0. The van der Waals surface area contributed by atoms with E-state index in [1.807, 2.05) is 0 Å². The summed E-state index contributed by atoms with van der Waals surface area (Å²) in [5, 5.41) is 2.57. The van der Waals surface area contributed by atoms with Crippen molar-refractivity contribution in [3.8, 4) is 44.5 Å². The summed E-state index contributed by atoms with van der Waals surface area (Å²) in [5.41, 5.74) is 20.5. The lowest BCUT2D eigenvalue weighted by Crippen LogP contribution is -2.43. The average molecular weight is 774 g/mol. The monoisotopic (exact) mass is 773 g/mol. The molecule has 1 heteroatoms. The summed E-state index contributed by atoms with van der Waals surface area (Å²) in [6.07, 6.45) is 6.49. The highest BCUT2D eigenvalue weighted by Crippen LogP contribution is 2.67. The maximum absolute atomic E-state index is 2.63. The Morgan fingerprint density at radius 2 is 1.12 bits per heavy atom. The number of nitrogens with zero attached hydrogens (tertiary/aromatic N) is 1. The van der Waals surface area contributed by atoms with Gasteiger partial charge in [0, 0.05) is 16.5 Å². The number of hydrogen-bond donors (Lipinski definition) is 0. The Bertz CT molecular complexity index is 2990. The summed E-state index contributed by atoms with van der Waals surface area (Å²) in [4.78, 5) is 2.57. The molecule has 292 valence electrons. The molecule has 1 nitrogen and oxygen atoms in total. The molecule has 0 aromatic heterocycles. The molecule has 8 aromatic carbocycles. The van der Waals surface area contributed by atoms with E-state index in [0.717, 1.165) is 17.5 Å². The van der Waals surface area contributed by atoms with Crippen LogP contribution in [0.3, 0.4) is 0 Å². The third-order valence-electron chi connectivity index (χ3n) is 15.7. The van der Waals surface area contributed by atoms with Gasteiger partial charge in [0.2, 0.25) is 0 Å². The second-order valence-electron chi connectivity index (χ2n) is 19.0. The molecule has 4 aliphatic carbocycles. The van der Waals surface area contributed by atoms with Crippen molar-refractivity contribution >= 4 is 27.8 Å². The molecule has 12 rings (SSSR count). The molecule has 0 radical (unpaired) electrons. The van der Waals surface area contributed by atoms with Crippen molar-refractivity contribution in [1.29, 1.82) is 0 Å². The van der Waals surface area contributed by atoms with Crippen LogP contribution in [0.25, 0.3) is 55.3 Å². The van der Waals surface area contributed by atoms with E-state index in [4.69, 9.17) is 0 Å². The van der Waals surface area contributed by atoms with Gasteiger partial charge in [0.25, 0.3) is 0 Å². The minimum absolute atomic E-state index is 0.182. The Labute approximate surface area is 355 Å². The lowest BCUT2D eigenvalue weighted by atomic mass is 9.54. The predicted molar refractivity (Wildman–Crippen MR) is 253 cm³/mol. The van der Waals surface area contributed by atoms with E-state index < -0.39 is 0 Å². The van der Waals surface area contributed by atoms with Crippen molar-refractivity contribution in [2.45, 2.75) is 64.2 Å². The quantitative estimate of drug-likeness (QED) is 0.168. The molecule has 2 saturated carbocycles. The van der Waals surface area contributed by atoms with E-state index in [-0.39, 0.29) is 5.41 Å². The number of hydrogen-bond acceptors (Lipinski definition) is 1. The van der Waals surface area contributed by atoms with Gasteiger partial charge < -0.3 is 4.90 Å². The van der Waals surface area contributed by atoms with Crippen molar-refractivity contribution in [3.05, 3.63) is 198 Å². The third kappa shape index (κ3) is 5.24. The highest BCUT2D eigenvalue weighted by atomic mass is 15.1. The van der Waals surface area contributed by atoms with E-state index in [9.17, 15) is 0 Å². The molecule has 0 N–H and O–H groups in total. The van der Waals surface area contributed by atoms with Gasteiger partial charge in [-0.2, -0.15) is 0 Å². The molecule has 0 aliphatic heterocycles. The van der Waals surface area contributed by atoms with Crippen molar-refractivity contribution in [2.75, 3.05) is 4.90 Å². The first kappa shape index (κ1) is 35.7. The van der Waals surface area contributed by atoms with Gasteiger partial charge in [0.1, 0.15) is 0 Å². The Kier molecular flexibility index (Phi) is 7.99. The maximum Gasteiger partial charge on any atom is 0.0540 e. The minimum atomic E-state index is -0.182. The standard InChI is InChI=1S/C59H51N/c1-58(2)53-29-10-9-22-48(53)52-28-15-31-55(57(52)58)60(44-20-11-19-40(35-44)38-16-5-4-6-17-38)54-30-14-24-46-47(23-12-25-49(46)54)51-27-13-26-50-45-21-8-7-18-39(45)32-33-42-36-43-34-41(56(50)51)37-59(42,43)3/h4-31,35,41-43H,32-34,36-37H2,1-3H3/t41?,42?,43-,59+/m0/s1. The van der Waals surface area contributed by atoms with Crippen LogP contribution in [0.2, 0.25) is 0 Å². The molecule has 0 amide bonds. The zero-order chi connectivity index (χ0) is 40.2. The topological polar surface area (TPSA) is 3.24 Å². The van der Waals surface area contributed by atoms with E-state index in [1.54, 1.807) is 5.56 Å². The van der Waals surface area contributed by atoms with E-state index >= 15 is 0 Å². The van der Waals surface area contributed by atoms with Crippen LogP contribution in [-0.2, 0) is 11.8 Å². The summed E-state index contributed by atoms with van der Waals surface area (Å²) < 4.78 is 0. The highest BCUT2D eigenvalue weighted by molar-refractivity contribution is 6.07. The largest absolute Gasteiger partial charge is 0.310 e. The molecule has 2 unspecified atom stereocenters. The summed E-state index contributed by atoms with van der Waals surface area (Å²) >= 11 is 0. The van der Waals surface area contributed by atoms with Crippen LogP contribution in [0, 0.1) is 17.3 Å². The number of benzene rings is 8. The first-order valence-corrected chi connectivity index (χ1v) is 22.3. The van der Waals surface area contributed by atoms with Crippen molar-refractivity contribution < 1.29 is 0 Å². The molecule has 0 saturated heterocycles. The van der Waals surface area contributed by atoms with Gasteiger partial charge in [0.15, 0.2) is 0 Å². The lowest BCUT2D eigenvalue weighted by Gasteiger charge is -2.51. The Balaban J connectivity index is 1.09. The normalized spacial score (nSPS) is 21.6. The Morgan fingerprint density at radius 3 is 2.00 bits per heavy atom. The Hall–Kier alpha value is -6.18. The fourth-order valence-electron chi connectivity index (χ4n) is 12.8. The van der Waals surface area contributed by atoms with E-state index in [1.165, 1.54) is 115 Å². The first-order chi connectivity index (χ1) is 29.4. The van der Waals surface area contributed by atoms with Crippen LogP contribution in [-0.4, -0.2) is 0 Å². The van der Waals surface area contributed by atoms with Crippen LogP contribution >= 0.6 is 0 Å². The average Bonchev–Trinajstić information content (AvgIpc) is 3.68. The molecular weight excluding hydrogens is 723 g/mol. The van der Waals surface area contributed by atoms with Gasteiger partial charge in [-0.05, 0) is 152 Å². The predicted octanol–water partition coefficient (Wildman–Crippen LogP) is 16.1. The molecule has 4 aliphatic rings. The van der Waals surface area contributed by atoms with Gasteiger partial charge >= 0.3 is 0 Å². The molecular formula is C59H51N. The minimum Gasteiger partial charge on any atom is -0.310 e. The Morgan fingerprint density at radius 1 is 0.483 bits per heavy atom. The highest BCUT2D eigenvalue weighted by Gasteiger charge is 2.57. The van der Waals surface area contributed by atoms with Gasteiger partial charge in [-0.1, -0.05) is 172 Å². The fourth-order valence-corrected chi connectivity index (χ4v) is 12.8. The van der Waals surface area contributed by atoms with Crippen LogP contribution < -0.4 is 4.90 Å². The SMILES string of the molecule is CC1(C)c2ccccc2-c2cccc(N(c3cccc(-c4ccccc4)c3)c3cccc4c(-c5cccc6c5C5C[C@H]7CC(CCc8ccccc8-6)[C@@]7(C)C5)cccc34)c21. The molecule has 2 fully saturated rings. The van der Waals surface area contributed by atoms with Gasteiger partial charge in [-0.25, -0.2) is 0 Å². The summed E-state index contributed by atoms with van der Waals surface area (Å²) in [6, 6.07) is 66.6. The van der Waals surface area contributed by atoms with Crippen LogP contribution in [0.15, 0.2) is 176 Å².